The zero-order valence-electron chi connectivity index (χ0n) is 31.3. The highest BCUT2D eigenvalue weighted by Gasteiger charge is 2.20. The molecule has 2 aromatic heterocycles. The molecule has 270 valence electrons. The highest BCUT2D eigenvalue weighted by atomic mass is 32.1. The van der Waals surface area contributed by atoms with E-state index in [0.29, 0.717) is 0 Å². The molecular weight excluding hydrogens is 709 g/mol. The van der Waals surface area contributed by atoms with Crippen molar-refractivity contribution in [2.24, 2.45) is 0 Å². The monoisotopic (exact) mass is 746 g/mol. The Morgan fingerprint density at radius 2 is 1.04 bits per heavy atom. The Morgan fingerprint density at radius 3 is 1.79 bits per heavy atom. The lowest BCUT2D eigenvalue weighted by molar-refractivity contribution is 1.13. The van der Waals surface area contributed by atoms with E-state index in [-0.39, 0.29) is 0 Å². The summed E-state index contributed by atoms with van der Waals surface area (Å²) in [4.78, 5) is 2.41. The SMILES string of the molecule is C1=c2sc3cc(N(c4ccc(-c5cccc(-n6c7ccccc7c7ccccc76)c5-c5ccccc5)cc4)c4cccc(-c5ccccc5)c4)ccc3c2=CCC1. The lowest BCUT2D eigenvalue weighted by Gasteiger charge is -2.26. The van der Waals surface area contributed by atoms with E-state index in [9.17, 15) is 0 Å². The number of aromatic nitrogens is 1. The fourth-order valence-corrected chi connectivity index (χ4v) is 10.0. The molecule has 0 spiro atoms. The molecule has 0 saturated heterocycles. The first-order valence-corrected chi connectivity index (χ1v) is 20.6. The molecule has 2 heterocycles. The number of benzene rings is 8. The van der Waals surface area contributed by atoms with E-state index >= 15 is 0 Å². The van der Waals surface area contributed by atoms with E-state index in [4.69, 9.17) is 0 Å². The van der Waals surface area contributed by atoms with Gasteiger partial charge in [-0.3, -0.25) is 0 Å². The second-order valence-corrected chi connectivity index (χ2v) is 15.9. The fourth-order valence-electron chi connectivity index (χ4n) is 8.82. The molecule has 0 unspecified atom stereocenters. The van der Waals surface area contributed by atoms with Crippen LogP contribution in [0.5, 0.6) is 0 Å². The Balaban J connectivity index is 1.08. The van der Waals surface area contributed by atoms with E-state index in [0.717, 1.165) is 29.9 Å². The van der Waals surface area contributed by atoms with Gasteiger partial charge in [0, 0.05) is 48.0 Å². The van der Waals surface area contributed by atoms with Crippen LogP contribution in [0.15, 0.2) is 194 Å². The van der Waals surface area contributed by atoms with E-state index in [1.165, 1.54) is 80.7 Å². The normalized spacial score (nSPS) is 12.4. The van der Waals surface area contributed by atoms with Gasteiger partial charge in [0.05, 0.1) is 16.7 Å². The standard InChI is InChI=1S/C54H38N2S/c1-3-15-37(16-4-1)40-19-13-20-42(35-40)55(43-33-34-48-47-23-9-12-28-52(47)57-53(48)36-43)41-31-29-38(30-32-41)44-24-14-27-51(54(44)39-17-5-2-6-18-39)56-49-25-10-7-21-45(49)46-22-8-11-26-50(46)56/h1-8,10-11,13-36H,9,12H2. The minimum atomic E-state index is 1.11. The molecule has 2 nitrogen and oxygen atoms in total. The molecule has 10 aromatic rings. The average molecular weight is 747 g/mol. The lowest BCUT2D eigenvalue weighted by Crippen LogP contribution is -2.20. The van der Waals surface area contributed by atoms with Crippen molar-refractivity contribution in [1.29, 1.82) is 0 Å². The number of fused-ring (bicyclic) bond motifs is 6. The van der Waals surface area contributed by atoms with Crippen molar-refractivity contribution in [3.8, 4) is 39.1 Å². The minimum absolute atomic E-state index is 1.11. The quantitative estimate of drug-likeness (QED) is 0.158. The summed E-state index contributed by atoms with van der Waals surface area (Å²) in [5.74, 6) is 0. The molecule has 0 N–H and O–H groups in total. The minimum Gasteiger partial charge on any atom is -0.310 e. The van der Waals surface area contributed by atoms with Gasteiger partial charge >= 0.3 is 0 Å². The van der Waals surface area contributed by atoms with Crippen LogP contribution in [0.25, 0.3) is 83.1 Å². The van der Waals surface area contributed by atoms with Gasteiger partial charge in [-0.15, -0.1) is 11.3 Å². The first-order chi connectivity index (χ1) is 28.3. The Kier molecular flexibility index (Phi) is 8.19. The summed E-state index contributed by atoms with van der Waals surface area (Å²) < 4.78 is 5.16. The molecule has 11 rings (SSSR count). The molecule has 0 atom stereocenters. The highest BCUT2D eigenvalue weighted by Crippen LogP contribution is 2.43. The van der Waals surface area contributed by atoms with Crippen LogP contribution in [0, 0.1) is 0 Å². The Hall–Kier alpha value is -6.94. The van der Waals surface area contributed by atoms with E-state index in [1.54, 1.807) is 0 Å². The second-order valence-electron chi connectivity index (χ2n) is 14.8. The summed E-state index contributed by atoms with van der Waals surface area (Å²) in [5.41, 5.74) is 14.1. The first kappa shape index (κ1) is 33.4. The topological polar surface area (TPSA) is 8.17 Å². The molecule has 0 saturated carbocycles. The predicted molar refractivity (Wildman–Crippen MR) is 245 cm³/mol. The summed E-state index contributed by atoms with van der Waals surface area (Å²) in [6, 6.07) is 70.9. The molecule has 0 aliphatic heterocycles. The maximum absolute atomic E-state index is 2.44. The maximum atomic E-state index is 2.44. The average Bonchev–Trinajstić information content (AvgIpc) is 3.83. The molecule has 0 radical (unpaired) electrons. The van der Waals surface area contributed by atoms with E-state index < -0.39 is 0 Å². The predicted octanol–water partition coefficient (Wildman–Crippen LogP) is 13.8. The van der Waals surface area contributed by atoms with Crippen molar-refractivity contribution in [2.45, 2.75) is 12.8 Å². The number of rotatable bonds is 7. The van der Waals surface area contributed by atoms with Crippen molar-refractivity contribution in [3.05, 3.63) is 204 Å². The molecule has 57 heavy (non-hydrogen) atoms. The van der Waals surface area contributed by atoms with E-state index in [2.05, 4.69) is 216 Å². The number of nitrogens with zero attached hydrogens (tertiary/aromatic N) is 2. The molecule has 0 fully saturated rings. The van der Waals surface area contributed by atoms with Gasteiger partial charge in [0.15, 0.2) is 0 Å². The molecule has 1 aliphatic rings. The summed E-state index contributed by atoms with van der Waals surface area (Å²) in [6.07, 6.45) is 7.04. The van der Waals surface area contributed by atoms with Crippen molar-refractivity contribution in [3.63, 3.8) is 0 Å². The third-order valence-corrected chi connectivity index (χ3v) is 12.6. The molecule has 3 heteroatoms. The van der Waals surface area contributed by atoms with Gasteiger partial charge in [-0.25, -0.2) is 0 Å². The van der Waals surface area contributed by atoms with Gasteiger partial charge in [0.25, 0.3) is 0 Å². The number of hydrogen-bond donors (Lipinski definition) is 0. The van der Waals surface area contributed by atoms with Gasteiger partial charge < -0.3 is 9.47 Å². The van der Waals surface area contributed by atoms with Gasteiger partial charge in [-0.2, -0.15) is 0 Å². The number of thiophene rings is 1. The van der Waals surface area contributed by atoms with Crippen molar-refractivity contribution in [1.82, 2.24) is 4.57 Å². The van der Waals surface area contributed by atoms with Crippen LogP contribution >= 0.6 is 11.3 Å². The number of anilines is 3. The summed E-state index contributed by atoms with van der Waals surface area (Å²) >= 11 is 1.91. The molecular formula is C54H38N2S. The molecule has 1 aliphatic carbocycles. The van der Waals surface area contributed by atoms with Crippen LogP contribution in [0.1, 0.15) is 12.8 Å². The largest absolute Gasteiger partial charge is 0.310 e. The number of para-hydroxylation sites is 2. The van der Waals surface area contributed by atoms with Gasteiger partial charge in [-0.05, 0) is 100 Å². The third kappa shape index (κ3) is 5.78. The smallest absolute Gasteiger partial charge is 0.0546 e. The van der Waals surface area contributed by atoms with Crippen molar-refractivity contribution >= 4 is 72.4 Å². The zero-order chi connectivity index (χ0) is 37.7. The van der Waals surface area contributed by atoms with Gasteiger partial charge in [0.1, 0.15) is 0 Å². The van der Waals surface area contributed by atoms with Crippen LogP contribution in [0.4, 0.5) is 17.1 Å². The third-order valence-electron chi connectivity index (χ3n) is 11.4. The Labute approximate surface area is 336 Å². The van der Waals surface area contributed by atoms with Gasteiger partial charge in [-0.1, -0.05) is 152 Å². The summed E-state index contributed by atoms with van der Waals surface area (Å²) in [5, 5.41) is 5.26. The van der Waals surface area contributed by atoms with Crippen LogP contribution in [0.3, 0.4) is 0 Å². The maximum Gasteiger partial charge on any atom is 0.0546 e. The number of hydrogen-bond acceptors (Lipinski definition) is 2. The first-order valence-electron chi connectivity index (χ1n) is 19.7. The van der Waals surface area contributed by atoms with Crippen LogP contribution < -0.4 is 14.7 Å². The summed E-state index contributed by atoms with van der Waals surface area (Å²) in [7, 11) is 0. The molecule has 0 bridgehead atoms. The van der Waals surface area contributed by atoms with Crippen LogP contribution in [-0.4, -0.2) is 4.57 Å². The van der Waals surface area contributed by atoms with Gasteiger partial charge in [0.2, 0.25) is 0 Å². The zero-order valence-corrected chi connectivity index (χ0v) is 32.2. The van der Waals surface area contributed by atoms with Crippen molar-refractivity contribution in [2.75, 3.05) is 4.90 Å². The highest BCUT2D eigenvalue weighted by molar-refractivity contribution is 7.17. The molecule has 8 aromatic carbocycles. The van der Waals surface area contributed by atoms with E-state index in [1.807, 2.05) is 11.3 Å². The second kappa shape index (κ2) is 14.0. The Bertz CT molecular complexity index is 3170. The van der Waals surface area contributed by atoms with Crippen LogP contribution in [0.2, 0.25) is 0 Å². The Morgan fingerprint density at radius 1 is 0.421 bits per heavy atom. The summed E-state index contributed by atoms with van der Waals surface area (Å²) in [6.45, 7) is 0. The van der Waals surface area contributed by atoms with Crippen LogP contribution in [-0.2, 0) is 0 Å². The lowest BCUT2D eigenvalue weighted by atomic mass is 9.92. The fraction of sp³-hybridized carbons (Fsp3) is 0.0370. The molecule has 0 amide bonds. The van der Waals surface area contributed by atoms with Crippen molar-refractivity contribution < 1.29 is 0 Å².